The summed E-state index contributed by atoms with van der Waals surface area (Å²) in [6.45, 7) is 3.91. The Balaban J connectivity index is 2.52. The quantitative estimate of drug-likeness (QED) is 0.500. The standard InChI is InChI=1S/C6H12N2S/c1-6-7(2)4-9-5-8(6)3/h1,4-5H2,2-3H3. The van der Waals surface area contributed by atoms with Crippen molar-refractivity contribution in [3.63, 3.8) is 0 Å². The van der Waals surface area contributed by atoms with E-state index in [0.717, 1.165) is 17.6 Å². The molecule has 0 bridgehead atoms. The van der Waals surface area contributed by atoms with E-state index in [0.29, 0.717) is 0 Å². The average molecular weight is 144 g/mol. The van der Waals surface area contributed by atoms with Crippen LogP contribution >= 0.6 is 11.8 Å². The third-order valence-electron chi connectivity index (χ3n) is 1.45. The molecule has 0 amide bonds. The number of hydrogen-bond donors (Lipinski definition) is 0. The Morgan fingerprint density at radius 1 is 1.33 bits per heavy atom. The van der Waals surface area contributed by atoms with Crippen LogP contribution < -0.4 is 0 Å². The summed E-state index contributed by atoms with van der Waals surface area (Å²) in [7, 11) is 4.12. The number of nitrogens with zero attached hydrogens (tertiary/aromatic N) is 2. The summed E-state index contributed by atoms with van der Waals surface area (Å²) in [6, 6.07) is 0. The molecule has 0 radical (unpaired) electrons. The first-order valence-corrected chi connectivity index (χ1v) is 4.06. The fourth-order valence-electron chi connectivity index (χ4n) is 0.755. The third kappa shape index (κ3) is 1.33. The molecule has 0 aromatic heterocycles. The monoisotopic (exact) mass is 144 g/mol. The van der Waals surface area contributed by atoms with Gasteiger partial charge in [-0.15, -0.1) is 11.8 Å². The van der Waals surface area contributed by atoms with E-state index in [1.54, 1.807) is 0 Å². The maximum absolute atomic E-state index is 3.91. The summed E-state index contributed by atoms with van der Waals surface area (Å²) in [5, 5.41) is 0. The second kappa shape index (κ2) is 2.52. The predicted octanol–water partition coefficient (Wildman–Crippen LogP) is 0.983. The minimum Gasteiger partial charge on any atom is -0.352 e. The highest BCUT2D eigenvalue weighted by atomic mass is 32.2. The molecule has 1 fully saturated rings. The van der Waals surface area contributed by atoms with Gasteiger partial charge in [-0.25, -0.2) is 0 Å². The Hall–Kier alpha value is -0.310. The molecule has 9 heavy (non-hydrogen) atoms. The van der Waals surface area contributed by atoms with Crippen LogP contribution in [-0.4, -0.2) is 35.6 Å². The molecule has 0 aromatic carbocycles. The molecule has 0 saturated carbocycles. The molecule has 0 N–H and O–H groups in total. The highest BCUT2D eigenvalue weighted by molar-refractivity contribution is 7.99. The molecule has 3 heteroatoms. The maximum atomic E-state index is 3.91. The van der Waals surface area contributed by atoms with Crippen molar-refractivity contribution in [3.8, 4) is 0 Å². The van der Waals surface area contributed by atoms with E-state index in [1.165, 1.54) is 0 Å². The summed E-state index contributed by atoms with van der Waals surface area (Å²) in [5.74, 6) is 3.26. The van der Waals surface area contributed by atoms with E-state index in [-0.39, 0.29) is 0 Å². The Morgan fingerprint density at radius 3 is 2.11 bits per heavy atom. The lowest BCUT2D eigenvalue weighted by molar-refractivity contribution is 0.312. The fraction of sp³-hybridized carbons (Fsp3) is 0.667. The Labute approximate surface area is 60.5 Å². The first-order chi connectivity index (χ1) is 4.22. The molecule has 0 aromatic rings. The van der Waals surface area contributed by atoms with Crippen molar-refractivity contribution in [1.29, 1.82) is 0 Å². The fourth-order valence-corrected chi connectivity index (χ4v) is 1.68. The van der Waals surface area contributed by atoms with E-state index in [9.17, 15) is 0 Å². The van der Waals surface area contributed by atoms with Crippen molar-refractivity contribution in [3.05, 3.63) is 12.4 Å². The molecule has 0 aliphatic carbocycles. The van der Waals surface area contributed by atoms with Crippen LogP contribution in [0, 0.1) is 0 Å². The van der Waals surface area contributed by atoms with Gasteiger partial charge < -0.3 is 9.80 Å². The number of thioether (sulfide) groups is 1. The summed E-state index contributed by atoms with van der Waals surface area (Å²) in [5.41, 5.74) is 0. The second-order valence-electron chi connectivity index (χ2n) is 2.27. The van der Waals surface area contributed by atoms with Gasteiger partial charge in [0.1, 0.15) is 0 Å². The van der Waals surface area contributed by atoms with Crippen molar-refractivity contribution in [2.75, 3.05) is 25.8 Å². The first kappa shape index (κ1) is 6.81. The van der Waals surface area contributed by atoms with Crippen molar-refractivity contribution in [2.45, 2.75) is 0 Å². The van der Waals surface area contributed by atoms with Crippen LogP contribution in [0.4, 0.5) is 0 Å². The second-order valence-corrected chi connectivity index (χ2v) is 3.20. The van der Waals surface area contributed by atoms with E-state index < -0.39 is 0 Å². The highest BCUT2D eigenvalue weighted by Gasteiger charge is 2.12. The van der Waals surface area contributed by atoms with E-state index in [1.807, 2.05) is 11.8 Å². The molecule has 1 saturated heterocycles. The van der Waals surface area contributed by atoms with E-state index in [2.05, 4.69) is 30.5 Å². The van der Waals surface area contributed by atoms with Gasteiger partial charge >= 0.3 is 0 Å². The van der Waals surface area contributed by atoms with Gasteiger partial charge in [0.05, 0.1) is 17.6 Å². The Morgan fingerprint density at radius 2 is 1.78 bits per heavy atom. The molecule has 1 aliphatic heterocycles. The smallest absolute Gasteiger partial charge is 0.0973 e. The van der Waals surface area contributed by atoms with Crippen LogP contribution in [0.15, 0.2) is 12.4 Å². The lowest BCUT2D eigenvalue weighted by Crippen LogP contribution is -2.34. The van der Waals surface area contributed by atoms with Crippen molar-refractivity contribution >= 4 is 11.8 Å². The van der Waals surface area contributed by atoms with Crippen LogP contribution in [0.2, 0.25) is 0 Å². The normalized spacial score (nSPS) is 20.9. The lowest BCUT2D eigenvalue weighted by Gasteiger charge is -2.34. The zero-order valence-corrected chi connectivity index (χ0v) is 6.74. The molecule has 52 valence electrons. The van der Waals surface area contributed by atoms with Crippen LogP contribution in [0.1, 0.15) is 0 Å². The van der Waals surface area contributed by atoms with Crippen LogP contribution in [0.5, 0.6) is 0 Å². The zero-order valence-electron chi connectivity index (χ0n) is 5.92. The SMILES string of the molecule is C=C1N(C)CSCN1C. The van der Waals surface area contributed by atoms with Gasteiger partial charge in [-0.1, -0.05) is 6.58 Å². The largest absolute Gasteiger partial charge is 0.352 e. The van der Waals surface area contributed by atoms with Gasteiger partial charge in [0.15, 0.2) is 0 Å². The summed E-state index contributed by atoms with van der Waals surface area (Å²) >= 11 is 1.91. The number of hydrogen-bond acceptors (Lipinski definition) is 3. The molecule has 1 rings (SSSR count). The van der Waals surface area contributed by atoms with E-state index in [4.69, 9.17) is 0 Å². The van der Waals surface area contributed by atoms with Crippen molar-refractivity contribution in [1.82, 2.24) is 9.80 Å². The molecule has 1 heterocycles. The summed E-state index contributed by atoms with van der Waals surface area (Å²) in [6.07, 6.45) is 0. The predicted molar refractivity (Wildman–Crippen MR) is 42.0 cm³/mol. The van der Waals surface area contributed by atoms with Crippen molar-refractivity contribution < 1.29 is 0 Å². The topological polar surface area (TPSA) is 6.48 Å². The molecule has 2 nitrogen and oxygen atoms in total. The molecular formula is C6H12N2S. The summed E-state index contributed by atoms with van der Waals surface area (Å²) < 4.78 is 0. The average Bonchev–Trinajstić information content (AvgIpc) is 1.83. The minimum absolute atomic E-state index is 1.07. The maximum Gasteiger partial charge on any atom is 0.0973 e. The molecule has 0 unspecified atom stereocenters. The van der Waals surface area contributed by atoms with E-state index >= 15 is 0 Å². The van der Waals surface area contributed by atoms with Crippen molar-refractivity contribution in [2.24, 2.45) is 0 Å². The van der Waals surface area contributed by atoms with Crippen LogP contribution in [0.25, 0.3) is 0 Å². The third-order valence-corrected chi connectivity index (χ3v) is 2.59. The van der Waals surface area contributed by atoms with Crippen LogP contribution in [0.3, 0.4) is 0 Å². The van der Waals surface area contributed by atoms with Gasteiger partial charge in [0.2, 0.25) is 0 Å². The Kier molecular flexibility index (Phi) is 1.90. The van der Waals surface area contributed by atoms with Gasteiger partial charge in [0.25, 0.3) is 0 Å². The van der Waals surface area contributed by atoms with Gasteiger partial charge in [-0.3, -0.25) is 0 Å². The molecular weight excluding hydrogens is 132 g/mol. The molecule has 0 atom stereocenters. The van der Waals surface area contributed by atoms with Gasteiger partial charge in [-0.05, 0) is 0 Å². The Bertz CT molecular complexity index is 112. The van der Waals surface area contributed by atoms with Crippen LogP contribution in [-0.2, 0) is 0 Å². The summed E-state index contributed by atoms with van der Waals surface area (Å²) in [4.78, 5) is 4.29. The van der Waals surface area contributed by atoms with Gasteiger partial charge in [0, 0.05) is 14.1 Å². The highest BCUT2D eigenvalue weighted by Crippen LogP contribution is 2.18. The van der Waals surface area contributed by atoms with Gasteiger partial charge in [-0.2, -0.15) is 0 Å². The molecule has 1 aliphatic rings. The molecule has 0 spiro atoms. The lowest BCUT2D eigenvalue weighted by atomic mass is 10.6. The number of rotatable bonds is 0. The zero-order chi connectivity index (χ0) is 6.85. The first-order valence-electron chi connectivity index (χ1n) is 2.90. The minimum atomic E-state index is 1.07.